The second-order valence-electron chi connectivity index (χ2n) is 5.45. The summed E-state index contributed by atoms with van der Waals surface area (Å²) in [4.78, 5) is 0. The molecule has 0 amide bonds. The number of benzene rings is 3. The number of hydrogen-bond acceptors (Lipinski definition) is 1. The zero-order chi connectivity index (χ0) is 17.4. The Morgan fingerprint density at radius 2 is 0.833 bits per heavy atom. The van der Waals surface area contributed by atoms with Gasteiger partial charge in [0.2, 0.25) is 0 Å². The van der Waals surface area contributed by atoms with E-state index in [-0.39, 0.29) is 2.66 Å². The summed E-state index contributed by atoms with van der Waals surface area (Å²) in [5.41, 5.74) is 4.14. The van der Waals surface area contributed by atoms with Crippen LogP contribution in [0.15, 0.2) is 91.0 Å². The van der Waals surface area contributed by atoms with E-state index in [2.05, 4.69) is 91.0 Å². The third-order valence-electron chi connectivity index (χ3n) is 4.05. The summed E-state index contributed by atoms with van der Waals surface area (Å²) in [6, 6.07) is 32.5. The Hall–Kier alpha value is -1.27. The summed E-state index contributed by atoms with van der Waals surface area (Å²) < 4.78 is 22.9. The third kappa shape index (κ3) is 4.86. The molecule has 0 bridgehead atoms. The van der Waals surface area contributed by atoms with Gasteiger partial charge in [0.05, 0.1) is 0 Å². The molecule has 0 atom stereocenters. The zero-order valence-electron chi connectivity index (χ0n) is 13.4. The standard InChI is InChI=1S/C19H15.Na.H2O3S/c1-4-10-16(11-5-1)19(17-12-6-2-7-13-17)18-14-8-3-9-15-18;;1-4(2)3/h1-15H;;(H2,1,2,3). The molecule has 0 heterocycles. The molecular weight excluding hydrogens is 331 g/mol. The second-order valence-corrected chi connectivity index (χ2v) is 7.42. The van der Waals surface area contributed by atoms with E-state index in [1.54, 1.807) is 0 Å². The predicted octanol–water partition coefficient (Wildman–Crippen LogP) is 3.83. The van der Waals surface area contributed by atoms with Gasteiger partial charge in [0.1, 0.15) is 0 Å². The van der Waals surface area contributed by atoms with E-state index < -0.39 is 11.4 Å². The van der Waals surface area contributed by atoms with Gasteiger partial charge in [0, 0.05) is 0 Å². The fraction of sp³-hybridized carbons (Fsp3) is 0.0526. The Bertz CT molecular complexity index is 664. The molecule has 0 aromatic heterocycles. The van der Waals surface area contributed by atoms with Crippen molar-refractivity contribution in [2.45, 2.75) is 2.66 Å². The summed E-state index contributed by atoms with van der Waals surface area (Å²) in [5.74, 6) is 0. The van der Waals surface area contributed by atoms with Crippen LogP contribution in [0.5, 0.6) is 0 Å². The van der Waals surface area contributed by atoms with Crippen molar-refractivity contribution in [2.24, 2.45) is 0 Å². The number of hydrogen-bond donors (Lipinski definition) is 2. The molecular formula is C19H17NaO3S. The van der Waals surface area contributed by atoms with Crippen LogP contribution >= 0.6 is 0 Å². The van der Waals surface area contributed by atoms with Crippen LogP contribution in [0.4, 0.5) is 0 Å². The van der Waals surface area contributed by atoms with Gasteiger partial charge in [-0.25, -0.2) is 0 Å². The minimum absolute atomic E-state index is 0.0176. The fourth-order valence-corrected chi connectivity index (χ4v) is 3.81. The second kappa shape index (κ2) is 9.28. The molecule has 2 N–H and O–H groups in total. The minimum atomic E-state index is -2.61. The first-order valence-corrected chi connectivity index (χ1v) is 9.58. The van der Waals surface area contributed by atoms with Gasteiger partial charge in [0.15, 0.2) is 0 Å². The summed E-state index contributed by atoms with van der Waals surface area (Å²) in [6.45, 7) is 0. The van der Waals surface area contributed by atoms with Crippen molar-refractivity contribution in [1.82, 2.24) is 0 Å². The monoisotopic (exact) mass is 348 g/mol. The van der Waals surface area contributed by atoms with Gasteiger partial charge in [-0.3, -0.25) is 9.11 Å². The average molecular weight is 348 g/mol. The SMILES string of the molecule is O=S(O)O.[Na][C](c1ccccc1)(c1ccccc1)c1ccccc1. The Labute approximate surface area is 162 Å². The van der Waals surface area contributed by atoms with Gasteiger partial charge in [-0.05, 0) is 0 Å². The van der Waals surface area contributed by atoms with Crippen LogP contribution in [0.25, 0.3) is 0 Å². The van der Waals surface area contributed by atoms with Gasteiger partial charge in [-0.1, -0.05) is 0 Å². The van der Waals surface area contributed by atoms with Crippen LogP contribution in [-0.2, 0) is 14.0 Å². The maximum atomic E-state index is 8.67. The first kappa shape index (κ1) is 19.1. The Balaban J connectivity index is 0.000000471. The summed E-state index contributed by atoms with van der Waals surface area (Å²) in [5, 5.41) is 0. The Kier molecular flexibility index (Phi) is 7.37. The van der Waals surface area contributed by atoms with Gasteiger partial charge in [-0.2, -0.15) is 4.21 Å². The van der Waals surface area contributed by atoms with E-state index in [4.69, 9.17) is 13.3 Å². The molecule has 0 radical (unpaired) electrons. The average Bonchev–Trinajstić information content (AvgIpc) is 2.63. The van der Waals surface area contributed by atoms with Crippen molar-refractivity contribution in [3.63, 3.8) is 0 Å². The molecule has 0 unspecified atom stereocenters. The van der Waals surface area contributed by atoms with Crippen molar-refractivity contribution >= 4 is 39.3 Å². The van der Waals surface area contributed by atoms with Crippen LogP contribution in [0, 0.1) is 0 Å². The van der Waals surface area contributed by atoms with Gasteiger partial charge >= 0.3 is 138 Å². The van der Waals surface area contributed by atoms with Crippen molar-refractivity contribution in [2.75, 3.05) is 0 Å². The molecule has 24 heavy (non-hydrogen) atoms. The van der Waals surface area contributed by atoms with Crippen LogP contribution < -0.4 is 0 Å². The Morgan fingerprint density at radius 3 is 1.04 bits per heavy atom. The molecule has 5 heteroatoms. The van der Waals surface area contributed by atoms with E-state index in [0.29, 0.717) is 0 Å². The van der Waals surface area contributed by atoms with E-state index in [9.17, 15) is 0 Å². The van der Waals surface area contributed by atoms with E-state index in [1.165, 1.54) is 16.7 Å². The summed E-state index contributed by atoms with van der Waals surface area (Å²) in [7, 11) is 0. The number of rotatable bonds is 3. The predicted molar refractivity (Wildman–Crippen MR) is 98.4 cm³/mol. The normalized spacial score (nSPS) is 10.9. The Morgan fingerprint density at radius 1 is 0.625 bits per heavy atom. The van der Waals surface area contributed by atoms with Crippen molar-refractivity contribution < 1.29 is 13.3 Å². The quantitative estimate of drug-likeness (QED) is 0.430. The van der Waals surface area contributed by atoms with E-state index in [0.717, 1.165) is 27.9 Å². The van der Waals surface area contributed by atoms with Crippen LogP contribution in [0.2, 0.25) is 0 Å². The molecule has 0 spiro atoms. The molecule has 0 aliphatic carbocycles. The topological polar surface area (TPSA) is 57.5 Å². The van der Waals surface area contributed by atoms with Gasteiger partial charge in [-0.15, -0.1) is 0 Å². The molecule has 3 nitrogen and oxygen atoms in total. The maximum absolute atomic E-state index is 8.67. The van der Waals surface area contributed by atoms with Crippen LogP contribution in [-0.4, -0.2) is 41.2 Å². The molecule has 0 aliphatic rings. The third-order valence-corrected chi connectivity index (χ3v) is 5.79. The van der Waals surface area contributed by atoms with Crippen molar-refractivity contribution in [3.05, 3.63) is 108 Å². The fourth-order valence-electron chi connectivity index (χ4n) is 2.81. The van der Waals surface area contributed by atoms with E-state index in [1.807, 2.05) is 0 Å². The van der Waals surface area contributed by atoms with E-state index >= 15 is 0 Å². The van der Waals surface area contributed by atoms with Gasteiger partial charge in [0.25, 0.3) is 11.4 Å². The van der Waals surface area contributed by atoms with Gasteiger partial charge < -0.3 is 0 Å². The molecule has 0 saturated heterocycles. The van der Waals surface area contributed by atoms with Crippen LogP contribution in [0.1, 0.15) is 16.7 Å². The van der Waals surface area contributed by atoms with Crippen molar-refractivity contribution in [3.8, 4) is 0 Å². The first-order valence-electron chi connectivity index (χ1n) is 7.51. The molecule has 118 valence electrons. The molecule has 3 aromatic rings. The van der Waals surface area contributed by atoms with Crippen LogP contribution in [0.3, 0.4) is 0 Å². The first-order chi connectivity index (χ1) is 11.5. The molecule has 3 rings (SSSR count). The zero-order valence-corrected chi connectivity index (χ0v) is 16.2. The summed E-state index contributed by atoms with van der Waals surface area (Å²) in [6.07, 6.45) is 0. The van der Waals surface area contributed by atoms with Crippen molar-refractivity contribution in [1.29, 1.82) is 0 Å². The molecule has 0 aliphatic heterocycles. The summed E-state index contributed by atoms with van der Waals surface area (Å²) >= 11 is -1.58. The molecule has 0 saturated carbocycles. The molecule has 0 fully saturated rings. The molecule has 3 aromatic carbocycles.